The van der Waals surface area contributed by atoms with Crippen LogP contribution >= 0.6 is 0 Å². The van der Waals surface area contributed by atoms with Crippen LogP contribution in [-0.2, 0) is 6.42 Å². The van der Waals surface area contributed by atoms with Crippen LogP contribution in [0.2, 0.25) is 0 Å². The average molecular weight is 287 g/mol. The fourth-order valence-electron chi connectivity index (χ4n) is 3.27. The lowest BCUT2D eigenvalue weighted by Crippen LogP contribution is -2.36. The highest BCUT2D eigenvalue weighted by atomic mass is 19.1. The molecule has 1 N–H and O–H groups in total. The Morgan fingerprint density at radius 1 is 1.05 bits per heavy atom. The van der Waals surface area contributed by atoms with Gasteiger partial charge in [-0.15, -0.1) is 0 Å². The van der Waals surface area contributed by atoms with E-state index in [2.05, 4.69) is 17.4 Å². The molecule has 1 heterocycles. The van der Waals surface area contributed by atoms with Gasteiger partial charge in [0.1, 0.15) is 11.6 Å². The van der Waals surface area contributed by atoms with Gasteiger partial charge < -0.3 is 5.32 Å². The monoisotopic (exact) mass is 287 g/mol. The third kappa shape index (κ3) is 3.30. The normalized spacial score (nSPS) is 22.2. The molecule has 0 saturated carbocycles. The second-order valence-electron chi connectivity index (χ2n) is 5.71. The molecule has 0 bridgehead atoms. The van der Waals surface area contributed by atoms with E-state index in [0.717, 1.165) is 32.0 Å². The molecule has 3 rings (SSSR count). The second-order valence-corrected chi connectivity index (χ2v) is 5.71. The van der Waals surface area contributed by atoms with Gasteiger partial charge in [0.25, 0.3) is 0 Å². The predicted octanol–water partition coefficient (Wildman–Crippen LogP) is 3.90. The van der Waals surface area contributed by atoms with Gasteiger partial charge in [-0.05, 0) is 55.0 Å². The van der Waals surface area contributed by atoms with E-state index >= 15 is 0 Å². The zero-order valence-corrected chi connectivity index (χ0v) is 11.9. The summed E-state index contributed by atoms with van der Waals surface area (Å²) in [7, 11) is 0. The molecule has 0 aromatic heterocycles. The van der Waals surface area contributed by atoms with E-state index in [1.807, 2.05) is 18.2 Å². The number of nitrogens with one attached hydrogen (secondary N) is 1. The van der Waals surface area contributed by atoms with E-state index in [-0.39, 0.29) is 5.92 Å². The highest BCUT2D eigenvalue weighted by molar-refractivity contribution is 5.25. The van der Waals surface area contributed by atoms with Gasteiger partial charge in [0.15, 0.2) is 0 Å². The zero-order chi connectivity index (χ0) is 14.7. The summed E-state index contributed by atoms with van der Waals surface area (Å²) >= 11 is 0. The molecular formula is C18H19F2N. The largest absolute Gasteiger partial charge is 0.316 e. The molecular weight excluding hydrogens is 268 g/mol. The quantitative estimate of drug-likeness (QED) is 0.902. The summed E-state index contributed by atoms with van der Waals surface area (Å²) in [6, 6.07) is 14.2. The number of rotatable bonds is 3. The number of halogens is 2. The lowest BCUT2D eigenvalue weighted by molar-refractivity contribution is 0.317. The molecule has 0 spiro atoms. The van der Waals surface area contributed by atoms with Crippen molar-refractivity contribution in [3.05, 3.63) is 71.3 Å². The summed E-state index contributed by atoms with van der Waals surface area (Å²) in [5.74, 6) is -0.446. The maximum Gasteiger partial charge on any atom is 0.129 e. The van der Waals surface area contributed by atoms with Crippen LogP contribution in [0, 0.1) is 17.6 Å². The van der Waals surface area contributed by atoms with E-state index in [1.165, 1.54) is 11.6 Å². The maximum atomic E-state index is 14.1. The molecule has 3 heteroatoms. The molecule has 21 heavy (non-hydrogen) atoms. The highest BCUT2D eigenvalue weighted by Crippen LogP contribution is 2.34. The summed E-state index contributed by atoms with van der Waals surface area (Å²) in [5, 5.41) is 3.39. The van der Waals surface area contributed by atoms with Crippen LogP contribution in [0.4, 0.5) is 8.78 Å². The lowest BCUT2D eigenvalue weighted by atomic mass is 9.78. The van der Waals surface area contributed by atoms with Crippen molar-refractivity contribution in [2.24, 2.45) is 5.92 Å². The van der Waals surface area contributed by atoms with Crippen molar-refractivity contribution in [2.75, 3.05) is 13.1 Å². The first-order valence-electron chi connectivity index (χ1n) is 7.43. The van der Waals surface area contributed by atoms with Crippen molar-refractivity contribution >= 4 is 0 Å². The van der Waals surface area contributed by atoms with Gasteiger partial charge in [0.05, 0.1) is 0 Å². The Labute approximate surface area is 124 Å². The molecule has 1 nitrogen and oxygen atoms in total. The topological polar surface area (TPSA) is 12.0 Å². The smallest absolute Gasteiger partial charge is 0.129 e. The lowest BCUT2D eigenvalue weighted by Gasteiger charge is -2.33. The summed E-state index contributed by atoms with van der Waals surface area (Å²) < 4.78 is 27.2. The standard InChI is InChI=1S/C18H19F2N/c19-15-6-7-17(18(20)11-15)16-8-9-21-12-14(16)10-13-4-2-1-3-5-13/h1-7,11,14,16,21H,8-10,12H2. The Morgan fingerprint density at radius 3 is 2.62 bits per heavy atom. The summed E-state index contributed by atoms with van der Waals surface area (Å²) in [4.78, 5) is 0. The minimum atomic E-state index is -0.509. The Kier molecular flexibility index (Phi) is 4.30. The zero-order valence-electron chi connectivity index (χ0n) is 11.9. The van der Waals surface area contributed by atoms with Crippen LogP contribution < -0.4 is 5.32 Å². The van der Waals surface area contributed by atoms with E-state index in [0.29, 0.717) is 11.5 Å². The van der Waals surface area contributed by atoms with E-state index in [1.54, 1.807) is 6.07 Å². The minimum absolute atomic E-state index is 0.145. The van der Waals surface area contributed by atoms with E-state index < -0.39 is 11.6 Å². The Balaban J connectivity index is 1.84. The molecule has 1 saturated heterocycles. The van der Waals surface area contributed by atoms with Crippen LogP contribution in [0.5, 0.6) is 0 Å². The van der Waals surface area contributed by atoms with Gasteiger partial charge >= 0.3 is 0 Å². The molecule has 0 aliphatic carbocycles. The van der Waals surface area contributed by atoms with Crippen LogP contribution in [-0.4, -0.2) is 13.1 Å². The first kappa shape index (κ1) is 14.2. The van der Waals surface area contributed by atoms with Gasteiger partial charge in [-0.1, -0.05) is 36.4 Å². The number of benzene rings is 2. The van der Waals surface area contributed by atoms with Gasteiger partial charge in [-0.25, -0.2) is 8.78 Å². The number of hydrogen-bond acceptors (Lipinski definition) is 1. The molecule has 2 aromatic carbocycles. The number of hydrogen-bond donors (Lipinski definition) is 1. The molecule has 110 valence electrons. The van der Waals surface area contributed by atoms with Crippen LogP contribution in [0.1, 0.15) is 23.5 Å². The molecule has 0 radical (unpaired) electrons. The van der Waals surface area contributed by atoms with E-state index in [9.17, 15) is 8.78 Å². The molecule has 1 aliphatic rings. The second kappa shape index (κ2) is 6.35. The first-order chi connectivity index (χ1) is 10.2. The Morgan fingerprint density at radius 2 is 1.86 bits per heavy atom. The maximum absolute atomic E-state index is 14.1. The van der Waals surface area contributed by atoms with Gasteiger partial charge in [0.2, 0.25) is 0 Å². The van der Waals surface area contributed by atoms with Crippen LogP contribution in [0.3, 0.4) is 0 Å². The fraction of sp³-hybridized carbons (Fsp3) is 0.333. The third-order valence-electron chi connectivity index (χ3n) is 4.31. The fourth-order valence-corrected chi connectivity index (χ4v) is 3.27. The Hall–Kier alpha value is -1.74. The van der Waals surface area contributed by atoms with Gasteiger partial charge in [-0.3, -0.25) is 0 Å². The van der Waals surface area contributed by atoms with Crippen molar-refractivity contribution in [3.8, 4) is 0 Å². The number of piperidine rings is 1. The predicted molar refractivity (Wildman–Crippen MR) is 80.2 cm³/mol. The molecule has 1 aliphatic heterocycles. The van der Waals surface area contributed by atoms with Crippen LogP contribution in [0.15, 0.2) is 48.5 Å². The average Bonchev–Trinajstić information content (AvgIpc) is 2.49. The minimum Gasteiger partial charge on any atom is -0.316 e. The molecule has 2 aromatic rings. The highest BCUT2D eigenvalue weighted by Gasteiger charge is 2.28. The molecule has 1 fully saturated rings. The van der Waals surface area contributed by atoms with Gasteiger partial charge in [0, 0.05) is 6.07 Å². The third-order valence-corrected chi connectivity index (χ3v) is 4.31. The van der Waals surface area contributed by atoms with Crippen molar-refractivity contribution in [3.63, 3.8) is 0 Å². The SMILES string of the molecule is Fc1ccc(C2CCNCC2Cc2ccccc2)c(F)c1. The molecule has 2 atom stereocenters. The van der Waals surface area contributed by atoms with Crippen LogP contribution in [0.25, 0.3) is 0 Å². The van der Waals surface area contributed by atoms with Gasteiger partial charge in [-0.2, -0.15) is 0 Å². The van der Waals surface area contributed by atoms with E-state index in [4.69, 9.17) is 0 Å². The summed E-state index contributed by atoms with van der Waals surface area (Å²) in [6.07, 6.45) is 1.80. The van der Waals surface area contributed by atoms with Crippen molar-refractivity contribution in [1.82, 2.24) is 5.32 Å². The summed E-state index contributed by atoms with van der Waals surface area (Å²) in [5.41, 5.74) is 1.91. The summed E-state index contributed by atoms with van der Waals surface area (Å²) in [6.45, 7) is 1.75. The van der Waals surface area contributed by atoms with Crippen molar-refractivity contribution in [2.45, 2.75) is 18.8 Å². The molecule has 2 unspecified atom stereocenters. The molecule has 0 amide bonds. The Bertz CT molecular complexity index is 597. The van der Waals surface area contributed by atoms with Crippen molar-refractivity contribution in [1.29, 1.82) is 0 Å². The van der Waals surface area contributed by atoms with Crippen molar-refractivity contribution < 1.29 is 8.78 Å². The first-order valence-corrected chi connectivity index (χ1v) is 7.43.